The van der Waals surface area contributed by atoms with E-state index in [4.69, 9.17) is 10.5 Å². The normalized spacial score (nSPS) is 13.0. The summed E-state index contributed by atoms with van der Waals surface area (Å²) < 4.78 is 5.23. The summed E-state index contributed by atoms with van der Waals surface area (Å²) in [6.07, 6.45) is 3.11. The average molecular weight is 347 g/mol. The van der Waals surface area contributed by atoms with Crippen molar-refractivity contribution in [1.29, 1.82) is 0 Å². The minimum absolute atomic E-state index is 0. The molecule has 0 aromatic heterocycles. The summed E-state index contributed by atoms with van der Waals surface area (Å²) in [5, 5.41) is 0. The Morgan fingerprint density at radius 2 is 2.04 bits per heavy atom. The molecule has 5 heteroatoms. The van der Waals surface area contributed by atoms with Gasteiger partial charge in [-0.2, -0.15) is 0 Å². The lowest BCUT2D eigenvalue weighted by atomic mass is 9.99. The Balaban J connectivity index is 0.00000208. The lowest BCUT2D eigenvalue weighted by Gasteiger charge is -2.30. The molecule has 24 heavy (non-hydrogen) atoms. The van der Waals surface area contributed by atoms with Gasteiger partial charge in [-0.1, -0.05) is 18.2 Å². The number of anilines is 2. The third kappa shape index (κ3) is 3.82. The van der Waals surface area contributed by atoms with Crippen molar-refractivity contribution in [1.82, 2.24) is 0 Å². The third-order valence-electron chi connectivity index (χ3n) is 4.35. The molecule has 4 nitrogen and oxygen atoms in total. The molecule has 128 valence electrons. The molecule has 0 saturated carbocycles. The predicted molar refractivity (Wildman–Crippen MR) is 100 cm³/mol. The number of halogens is 1. The van der Waals surface area contributed by atoms with Gasteiger partial charge in [0.1, 0.15) is 5.75 Å². The van der Waals surface area contributed by atoms with E-state index in [1.54, 1.807) is 7.11 Å². The van der Waals surface area contributed by atoms with Gasteiger partial charge in [0.25, 0.3) is 0 Å². The van der Waals surface area contributed by atoms with Crippen LogP contribution in [0.1, 0.15) is 24.0 Å². The molecule has 0 radical (unpaired) electrons. The molecule has 0 unspecified atom stereocenters. The molecule has 1 heterocycles. The Labute approximate surface area is 149 Å². The van der Waals surface area contributed by atoms with Crippen LogP contribution in [0.15, 0.2) is 42.5 Å². The van der Waals surface area contributed by atoms with E-state index < -0.39 is 0 Å². The maximum absolute atomic E-state index is 12.7. The van der Waals surface area contributed by atoms with Crippen LogP contribution in [0.2, 0.25) is 0 Å². The van der Waals surface area contributed by atoms with E-state index in [0.717, 1.165) is 47.6 Å². The smallest absolute Gasteiger partial charge is 0.227 e. The van der Waals surface area contributed by atoms with Crippen LogP contribution in [0.4, 0.5) is 11.4 Å². The van der Waals surface area contributed by atoms with E-state index in [9.17, 15) is 4.79 Å². The molecule has 2 aromatic rings. The molecule has 0 fully saturated rings. The van der Waals surface area contributed by atoms with Gasteiger partial charge >= 0.3 is 0 Å². The zero-order valence-corrected chi connectivity index (χ0v) is 14.6. The summed E-state index contributed by atoms with van der Waals surface area (Å²) in [6, 6.07) is 13.7. The first-order chi connectivity index (χ1) is 11.2. The summed E-state index contributed by atoms with van der Waals surface area (Å²) >= 11 is 0. The fourth-order valence-electron chi connectivity index (χ4n) is 3.12. The molecule has 2 aromatic carbocycles. The number of aryl methyl sites for hydroxylation is 1. The molecule has 0 saturated heterocycles. The molecule has 1 amide bonds. The molecule has 0 bridgehead atoms. The van der Waals surface area contributed by atoms with Gasteiger partial charge in [0, 0.05) is 24.3 Å². The van der Waals surface area contributed by atoms with Crippen molar-refractivity contribution in [3.8, 4) is 5.75 Å². The molecule has 0 aliphatic carbocycles. The van der Waals surface area contributed by atoms with Crippen molar-refractivity contribution in [2.45, 2.75) is 25.7 Å². The number of benzene rings is 2. The maximum atomic E-state index is 12.7. The third-order valence-corrected chi connectivity index (χ3v) is 4.35. The number of rotatable bonds is 4. The van der Waals surface area contributed by atoms with E-state index >= 15 is 0 Å². The first-order valence-corrected chi connectivity index (χ1v) is 7.99. The van der Waals surface area contributed by atoms with Gasteiger partial charge in [0.05, 0.1) is 7.11 Å². The summed E-state index contributed by atoms with van der Waals surface area (Å²) in [7, 11) is 1.65. The van der Waals surface area contributed by atoms with Crippen molar-refractivity contribution in [3.63, 3.8) is 0 Å². The van der Waals surface area contributed by atoms with Crippen LogP contribution < -0.4 is 15.4 Å². The van der Waals surface area contributed by atoms with Gasteiger partial charge in [0.15, 0.2) is 0 Å². The summed E-state index contributed by atoms with van der Waals surface area (Å²) in [5.74, 6) is 0.977. The van der Waals surface area contributed by atoms with E-state index in [-0.39, 0.29) is 18.3 Å². The lowest BCUT2D eigenvalue weighted by molar-refractivity contribution is -0.118. The van der Waals surface area contributed by atoms with Crippen LogP contribution in [0.5, 0.6) is 5.75 Å². The SMILES string of the molecule is COc1cccc(CCC(=O)N2CCCc3c(N)cccc32)c1.Cl. The average Bonchev–Trinajstić information content (AvgIpc) is 2.60. The van der Waals surface area contributed by atoms with Gasteiger partial charge in [0.2, 0.25) is 5.91 Å². The maximum Gasteiger partial charge on any atom is 0.227 e. The van der Waals surface area contributed by atoms with Crippen LogP contribution in [-0.2, 0) is 17.6 Å². The van der Waals surface area contributed by atoms with Crippen molar-refractivity contribution in [2.24, 2.45) is 0 Å². The quantitative estimate of drug-likeness (QED) is 0.860. The number of nitrogens with two attached hydrogens (primary N) is 1. The minimum atomic E-state index is 0. The van der Waals surface area contributed by atoms with Crippen LogP contribution in [-0.4, -0.2) is 19.6 Å². The topological polar surface area (TPSA) is 55.6 Å². The monoisotopic (exact) mass is 346 g/mol. The standard InChI is InChI=1S/C19H22N2O2.ClH/c1-23-15-6-2-5-14(13-15)10-11-19(22)21-12-4-7-16-17(20)8-3-9-18(16)21;/h2-3,5-6,8-9,13H,4,7,10-12,20H2,1H3;1H. The van der Waals surface area contributed by atoms with Crippen molar-refractivity contribution in [3.05, 3.63) is 53.6 Å². The largest absolute Gasteiger partial charge is 0.497 e. The minimum Gasteiger partial charge on any atom is -0.497 e. The predicted octanol–water partition coefficient (Wildman–Crippen LogP) is 3.61. The number of ether oxygens (including phenoxy) is 1. The number of nitrogen functional groups attached to an aromatic ring is 1. The second-order valence-electron chi connectivity index (χ2n) is 5.85. The molecule has 0 atom stereocenters. The number of carbonyl (C=O) groups excluding carboxylic acids is 1. The number of methoxy groups -OCH3 is 1. The van der Waals surface area contributed by atoms with Crippen LogP contribution in [0.25, 0.3) is 0 Å². The summed E-state index contributed by atoms with van der Waals surface area (Å²) in [6.45, 7) is 0.771. The van der Waals surface area contributed by atoms with Crippen molar-refractivity contribution in [2.75, 3.05) is 24.3 Å². The molecule has 1 aliphatic heterocycles. The fraction of sp³-hybridized carbons (Fsp3) is 0.316. The van der Waals surface area contributed by atoms with Gasteiger partial charge in [-0.3, -0.25) is 4.79 Å². The van der Waals surface area contributed by atoms with Gasteiger partial charge in [-0.15, -0.1) is 12.4 Å². The number of carbonyl (C=O) groups is 1. The first-order valence-electron chi connectivity index (χ1n) is 7.99. The van der Waals surface area contributed by atoms with Crippen molar-refractivity contribution >= 4 is 29.7 Å². The number of nitrogens with zero attached hydrogens (tertiary/aromatic N) is 1. The van der Waals surface area contributed by atoms with Crippen molar-refractivity contribution < 1.29 is 9.53 Å². The Hall–Kier alpha value is -2.20. The van der Waals surface area contributed by atoms with Gasteiger partial charge in [-0.25, -0.2) is 0 Å². The number of amides is 1. The Kier molecular flexibility index (Phi) is 6.10. The Bertz CT molecular complexity index is 718. The Morgan fingerprint density at radius 3 is 2.83 bits per heavy atom. The highest BCUT2D eigenvalue weighted by Crippen LogP contribution is 2.31. The molecule has 0 spiro atoms. The molecule has 2 N–H and O–H groups in total. The van der Waals surface area contributed by atoms with Gasteiger partial charge < -0.3 is 15.4 Å². The lowest BCUT2D eigenvalue weighted by Crippen LogP contribution is -2.35. The van der Waals surface area contributed by atoms with Crippen LogP contribution in [0, 0.1) is 0 Å². The number of fused-ring (bicyclic) bond motifs is 1. The molecular formula is C19H23ClN2O2. The molecule has 3 rings (SSSR count). The number of hydrogen-bond acceptors (Lipinski definition) is 3. The van der Waals surface area contributed by atoms with E-state index in [1.807, 2.05) is 47.4 Å². The molecular weight excluding hydrogens is 324 g/mol. The Morgan fingerprint density at radius 1 is 1.25 bits per heavy atom. The van der Waals surface area contributed by atoms with Crippen LogP contribution in [0.3, 0.4) is 0 Å². The zero-order valence-electron chi connectivity index (χ0n) is 13.8. The molecule has 1 aliphatic rings. The highest BCUT2D eigenvalue weighted by atomic mass is 35.5. The highest BCUT2D eigenvalue weighted by molar-refractivity contribution is 5.95. The second-order valence-corrected chi connectivity index (χ2v) is 5.85. The van der Waals surface area contributed by atoms with Crippen LogP contribution >= 0.6 is 12.4 Å². The highest BCUT2D eigenvalue weighted by Gasteiger charge is 2.23. The zero-order chi connectivity index (χ0) is 16.2. The fourth-order valence-corrected chi connectivity index (χ4v) is 3.12. The first kappa shape index (κ1) is 18.1. The van der Waals surface area contributed by atoms with E-state index in [0.29, 0.717) is 12.8 Å². The van der Waals surface area contributed by atoms with E-state index in [2.05, 4.69) is 0 Å². The summed E-state index contributed by atoms with van der Waals surface area (Å²) in [4.78, 5) is 14.5. The van der Waals surface area contributed by atoms with Gasteiger partial charge in [-0.05, 0) is 54.7 Å². The summed E-state index contributed by atoms with van der Waals surface area (Å²) in [5.41, 5.74) is 10.0. The second kappa shape index (κ2) is 8.06. The van der Waals surface area contributed by atoms with E-state index in [1.165, 1.54) is 0 Å². The number of hydrogen-bond donors (Lipinski definition) is 1.